The minimum Gasteiger partial charge on any atom is -0.508 e. The Morgan fingerprint density at radius 1 is 1.00 bits per heavy atom. The van der Waals surface area contributed by atoms with Crippen LogP contribution in [0.5, 0.6) is 11.5 Å². The number of fused-ring (bicyclic) bond motifs is 1. The van der Waals surface area contributed by atoms with Crippen LogP contribution in [0.25, 0.3) is 0 Å². The van der Waals surface area contributed by atoms with Crippen LogP contribution in [-0.2, 0) is 6.42 Å². The Morgan fingerprint density at radius 3 is 2.28 bits per heavy atom. The maximum Gasteiger partial charge on any atom is 0.126 e. The van der Waals surface area contributed by atoms with Crippen LogP contribution < -0.4 is 4.74 Å². The lowest BCUT2D eigenvalue weighted by molar-refractivity contribution is 0.0561. The highest BCUT2D eigenvalue weighted by Crippen LogP contribution is 2.39. The van der Waals surface area contributed by atoms with E-state index in [0.717, 1.165) is 61.8 Å². The van der Waals surface area contributed by atoms with Gasteiger partial charge in [-0.3, -0.25) is 0 Å². The molecule has 2 nitrogen and oxygen atoms in total. The van der Waals surface area contributed by atoms with Gasteiger partial charge >= 0.3 is 0 Å². The topological polar surface area (TPSA) is 29.5 Å². The summed E-state index contributed by atoms with van der Waals surface area (Å²) in [6.07, 6.45) is 15.8. The van der Waals surface area contributed by atoms with Crippen LogP contribution in [-0.4, -0.2) is 10.7 Å². The minimum absolute atomic E-state index is 0.118. The van der Waals surface area contributed by atoms with E-state index >= 15 is 0 Å². The number of allylic oxidation sites excluding steroid dienone is 6. The van der Waals surface area contributed by atoms with Crippen LogP contribution in [0, 0.1) is 6.92 Å². The van der Waals surface area contributed by atoms with Gasteiger partial charge in [0.2, 0.25) is 0 Å². The van der Waals surface area contributed by atoms with E-state index in [0.29, 0.717) is 5.75 Å². The molecular weight excluding hydrogens is 356 g/mol. The summed E-state index contributed by atoms with van der Waals surface area (Å²) in [7, 11) is 0. The zero-order chi connectivity index (χ0) is 21.4. The molecule has 2 rings (SSSR count). The molecule has 1 heterocycles. The summed E-state index contributed by atoms with van der Waals surface area (Å²) in [6, 6.07) is 3.64. The quantitative estimate of drug-likeness (QED) is 0.429. The van der Waals surface area contributed by atoms with E-state index < -0.39 is 0 Å². The number of hydrogen-bond acceptors (Lipinski definition) is 2. The summed E-state index contributed by atoms with van der Waals surface area (Å²) in [5.41, 5.74) is 6.43. The van der Waals surface area contributed by atoms with E-state index in [4.69, 9.17) is 4.74 Å². The molecule has 2 heteroatoms. The van der Waals surface area contributed by atoms with E-state index in [9.17, 15) is 5.11 Å². The first-order valence-electron chi connectivity index (χ1n) is 11.1. The van der Waals surface area contributed by atoms with Crippen molar-refractivity contribution in [3.8, 4) is 11.5 Å². The van der Waals surface area contributed by atoms with Crippen LogP contribution in [0.3, 0.4) is 0 Å². The van der Waals surface area contributed by atoms with Crippen molar-refractivity contribution in [1.82, 2.24) is 0 Å². The summed E-state index contributed by atoms with van der Waals surface area (Å²) in [4.78, 5) is 0. The molecule has 0 fully saturated rings. The van der Waals surface area contributed by atoms with Gasteiger partial charge in [0.25, 0.3) is 0 Å². The molecule has 29 heavy (non-hydrogen) atoms. The van der Waals surface area contributed by atoms with E-state index in [-0.39, 0.29) is 5.60 Å². The lowest BCUT2D eigenvalue weighted by Crippen LogP contribution is -2.36. The van der Waals surface area contributed by atoms with E-state index in [1.165, 1.54) is 23.1 Å². The molecule has 1 aliphatic rings. The molecule has 0 unspecified atom stereocenters. The van der Waals surface area contributed by atoms with Gasteiger partial charge in [-0.2, -0.15) is 0 Å². The molecule has 0 aromatic heterocycles. The van der Waals surface area contributed by atoms with Crippen molar-refractivity contribution < 1.29 is 9.84 Å². The zero-order valence-corrected chi connectivity index (χ0v) is 19.4. The van der Waals surface area contributed by atoms with Gasteiger partial charge in [-0.25, -0.2) is 0 Å². The van der Waals surface area contributed by atoms with Gasteiger partial charge in [0.1, 0.15) is 17.1 Å². The summed E-state index contributed by atoms with van der Waals surface area (Å²) >= 11 is 0. The third-order valence-electron chi connectivity index (χ3n) is 5.90. The molecular formula is C27H40O2. The molecule has 1 N–H and O–H groups in total. The predicted molar refractivity (Wildman–Crippen MR) is 125 cm³/mol. The van der Waals surface area contributed by atoms with Gasteiger partial charge in [0.15, 0.2) is 0 Å². The second kappa shape index (κ2) is 10.7. The summed E-state index contributed by atoms with van der Waals surface area (Å²) in [5, 5.41) is 9.80. The monoisotopic (exact) mass is 396 g/mol. The highest BCUT2D eigenvalue weighted by molar-refractivity contribution is 5.47. The van der Waals surface area contributed by atoms with Crippen molar-refractivity contribution in [2.45, 2.75) is 98.5 Å². The molecule has 0 amide bonds. The maximum absolute atomic E-state index is 9.80. The van der Waals surface area contributed by atoms with Gasteiger partial charge in [-0.1, -0.05) is 34.9 Å². The minimum atomic E-state index is -0.118. The Labute approximate surface area is 178 Å². The lowest BCUT2D eigenvalue weighted by atomic mass is 9.87. The highest BCUT2D eigenvalue weighted by atomic mass is 16.5. The fourth-order valence-corrected chi connectivity index (χ4v) is 3.99. The van der Waals surface area contributed by atoms with Gasteiger partial charge in [-0.05, 0) is 116 Å². The van der Waals surface area contributed by atoms with Gasteiger partial charge < -0.3 is 9.84 Å². The summed E-state index contributed by atoms with van der Waals surface area (Å²) < 4.78 is 6.40. The molecule has 1 aliphatic heterocycles. The van der Waals surface area contributed by atoms with Crippen LogP contribution in [0.2, 0.25) is 0 Å². The number of benzene rings is 1. The summed E-state index contributed by atoms with van der Waals surface area (Å²) in [5.74, 6) is 1.32. The number of ether oxygens (including phenoxy) is 1. The maximum atomic E-state index is 9.80. The molecule has 1 aromatic carbocycles. The standard InChI is InChI=1S/C27H40O2/c1-20(2)10-7-11-21(3)12-8-13-22(4)14-9-16-27(6)17-15-24-19-25(28)18-23(5)26(24)29-27/h10,12,14,18-19,28H,7-9,11,13,15-17H2,1-6H3/b21-12+,22-14-/t27-/m0/s1. The summed E-state index contributed by atoms with van der Waals surface area (Å²) in [6.45, 7) is 13.1. The molecule has 0 aliphatic carbocycles. The lowest BCUT2D eigenvalue weighted by Gasteiger charge is -2.36. The second-order valence-electron chi connectivity index (χ2n) is 9.30. The van der Waals surface area contributed by atoms with Crippen LogP contribution in [0.4, 0.5) is 0 Å². The molecule has 1 atom stereocenters. The number of aromatic hydroxyl groups is 1. The average molecular weight is 397 g/mol. The van der Waals surface area contributed by atoms with Crippen molar-refractivity contribution in [2.75, 3.05) is 0 Å². The van der Waals surface area contributed by atoms with E-state index in [1.807, 2.05) is 13.0 Å². The van der Waals surface area contributed by atoms with E-state index in [1.54, 1.807) is 6.07 Å². The average Bonchev–Trinajstić information content (AvgIpc) is 2.62. The fourth-order valence-electron chi connectivity index (χ4n) is 3.99. The Morgan fingerprint density at radius 2 is 1.62 bits per heavy atom. The van der Waals surface area contributed by atoms with E-state index in [2.05, 4.69) is 52.8 Å². The van der Waals surface area contributed by atoms with Crippen molar-refractivity contribution >= 4 is 0 Å². The molecule has 0 saturated carbocycles. The van der Waals surface area contributed by atoms with Crippen molar-refractivity contribution in [1.29, 1.82) is 0 Å². The SMILES string of the molecule is CC(C)=CCC/C(C)=C/CC/C(C)=C\CC[C@@]1(C)CCc2cc(O)cc(C)c2O1. The van der Waals surface area contributed by atoms with Crippen molar-refractivity contribution in [2.24, 2.45) is 0 Å². The molecule has 0 saturated heterocycles. The van der Waals surface area contributed by atoms with Crippen LogP contribution >= 0.6 is 0 Å². The fraction of sp³-hybridized carbons (Fsp3) is 0.556. The number of aryl methyl sites for hydroxylation is 2. The number of phenols is 1. The van der Waals surface area contributed by atoms with Gasteiger partial charge in [0, 0.05) is 0 Å². The normalized spacial score (nSPS) is 19.5. The predicted octanol–water partition coefficient (Wildman–Crippen LogP) is 7.98. The second-order valence-corrected chi connectivity index (χ2v) is 9.30. The van der Waals surface area contributed by atoms with Crippen molar-refractivity contribution in [3.63, 3.8) is 0 Å². The molecule has 0 bridgehead atoms. The third kappa shape index (κ3) is 7.76. The number of hydrogen-bond donors (Lipinski definition) is 1. The smallest absolute Gasteiger partial charge is 0.126 e. The molecule has 160 valence electrons. The number of rotatable bonds is 9. The third-order valence-corrected chi connectivity index (χ3v) is 5.90. The first-order valence-corrected chi connectivity index (χ1v) is 11.1. The van der Waals surface area contributed by atoms with Gasteiger partial charge in [0.05, 0.1) is 0 Å². The number of phenolic OH excluding ortho intramolecular Hbond substituents is 1. The first kappa shape index (κ1) is 23.3. The van der Waals surface area contributed by atoms with Crippen LogP contribution in [0.15, 0.2) is 47.1 Å². The first-order chi connectivity index (χ1) is 13.7. The highest BCUT2D eigenvalue weighted by Gasteiger charge is 2.31. The largest absolute Gasteiger partial charge is 0.508 e. The van der Waals surface area contributed by atoms with Crippen molar-refractivity contribution in [3.05, 3.63) is 58.2 Å². The molecule has 0 radical (unpaired) electrons. The Kier molecular flexibility index (Phi) is 8.61. The molecule has 0 spiro atoms. The Balaban J connectivity index is 1.79. The van der Waals surface area contributed by atoms with Gasteiger partial charge in [-0.15, -0.1) is 0 Å². The Hall–Kier alpha value is -1.96. The van der Waals surface area contributed by atoms with Crippen LogP contribution in [0.1, 0.15) is 90.7 Å². The molecule has 1 aromatic rings. The Bertz CT molecular complexity index is 778. The zero-order valence-electron chi connectivity index (χ0n) is 19.4.